The van der Waals surface area contributed by atoms with Crippen LogP contribution < -0.4 is 10.4 Å². The first-order valence-electron chi connectivity index (χ1n) is 7.65. The molecule has 1 atom stereocenters. The molecule has 2 aromatic carbocycles. The maximum absolute atomic E-state index is 12.2. The number of nitrogens with one attached hydrogen (secondary N) is 1. The van der Waals surface area contributed by atoms with Gasteiger partial charge < -0.3 is 4.90 Å². The number of anilines is 1. The van der Waals surface area contributed by atoms with Crippen LogP contribution in [0.25, 0.3) is 0 Å². The number of nitrogens with zero attached hydrogens (tertiary/aromatic N) is 1. The lowest BCUT2D eigenvalue weighted by molar-refractivity contribution is -0.138. The van der Waals surface area contributed by atoms with Gasteiger partial charge in [-0.1, -0.05) is 42.5 Å². The van der Waals surface area contributed by atoms with Gasteiger partial charge in [-0.15, -0.1) is 0 Å². The highest BCUT2D eigenvalue weighted by Gasteiger charge is 2.35. The van der Waals surface area contributed by atoms with Crippen molar-refractivity contribution in [2.45, 2.75) is 13.0 Å². The van der Waals surface area contributed by atoms with Crippen LogP contribution in [-0.4, -0.2) is 18.4 Å². The van der Waals surface area contributed by atoms with E-state index < -0.39 is 5.92 Å². The Morgan fingerprint density at radius 3 is 2.62 bits per heavy atom. The van der Waals surface area contributed by atoms with Gasteiger partial charge in [-0.3, -0.25) is 14.4 Å². The zero-order chi connectivity index (χ0) is 16.9. The minimum Gasteiger partial charge on any atom is -0.310 e. The van der Waals surface area contributed by atoms with E-state index in [1.807, 2.05) is 54.6 Å². The molecule has 1 heterocycles. The molecule has 2 aromatic rings. The molecule has 24 heavy (non-hydrogen) atoms. The van der Waals surface area contributed by atoms with Crippen molar-refractivity contribution in [3.05, 3.63) is 64.6 Å². The van der Waals surface area contributed by atoms with Gasteiger partial charge in [0.25, 0.3) is 0 Å². The van der Waals surface area contributed by atoms with Crippen LogP contribution >= 0.6 is 15.9 Å². The molecule has 1 fully saturated rings. The molecule has 3 rings (SSSR count). The van der Waals surface area contributed by atoms with Crippen molar-refractivity contribution in [2.24, 2.45) is 5.92 Å². The minimum absolute atomic E-state index is 0.0647. The van der Waals surface area contributed by atoms with Crippen LogP contribution in [0.15, 0.2) is 59.1 Å². The van der Waals surface area contributed by atoms with E-state index in [0.29, 0.717) is 13.2 Å². The molecular weight excluding hydrogens is 372 g/mol. The summed E-state index contributed by atoms with van der Waals surface area (Å²) in [5.41, 5.74) is 4.20. The number of rotatable bonds is 5. The molecule has 1 saturated heterocycles. The third-order valence-electron chi connectivity index (χ3n) is 3.89. The zero-order valence-corrected chi connectivity index (χ0v) is 14.5. The first kappa shape index (κ1) is 16.7. The first-order chi connectivity index (χ1) is 11.6. The molecule has 0 aliphatic carbocycles. The lowest BCUT2D eigenvalue weighted by atomic mass is 10.1. The Hall–Kier alpha value is -2.18. The number of hydrogen-bond donors (Lipinski definition) is 1. The van der Waals surface area contributed by atoms with Crippen molar-refractivity contribution < 1.29 is 14.4 Å². The van der Waals surface area contributed by atoms with Crippen molar-refractivity contribution in [1.82, 2.24) is 5.48 Å². The van der Waals surface area contributed by atoms with Crippen LogP contribution in [0.2, 0.25) is 0 Å². The summed E-state index contributed by atoms with van der Waals surface area (Å²) in [6.45, 7) is 0.642. The fraction of sp³-hybridized carbons (Fsp3) is 0.222. The normalized spacial score (nSPS) is 17.1. The fourth-order valence-corrected chi connectivity index (χ4v) is 3.13. The molecule has 124 valence electrons. The van der Waals surface area contributed by atoms with Crippen LogP contribution in [0.1, 0.15) is 12.0 Å². The van der Waals surface area contributed by atoms with E-state index in [2.05, 4.69) is 21.4 Å². The quantitative estimate of drug-likeness (QED) is 0.800. The lowest BCUT2D eigenvalue weighted by Crippen LogP contribution is -2.33. The second kappa shape index (κ2) is 7.59. The molecule has 1 aliphatic heterocycles. The number of amides is 2. The second-order valence-electron chi connectivity index (χ2n) is 5.60. The molecular formula is C18H17BrN2O3. The molecule has 0 unspecified atom stereocenters. The number of benzene rings is 2. The molecule has 1 N–H and O–H groups in total. The maximum Gasteiger partial charge on any atom is 0.248 e. The third-order valence-corrected chi connectivity index (χ3v) is 4.56. The van der Waals surface area contributed by atoms with Gasteiger partial charge in [0.2, 0.25) is 11.8 Å². The van der Waals surface area contributed by atoms with Crippen molar-refractivity contribution in [1.29, 1.82) is 0 Å². The van der Waals surface area contributed by atoms with Gasteiger partial charge in [-0.25, -0.2) is 5.48 Å². The van der Waals surface area contributed by atoms with Gasteiger partial charge >= 0.3 is 0 Å². The molecule has 1 aliphatic rings. The number of halogens is 1. The number of carbonyl (C=O) groups excluding carboxylic acids is 2. The topological polar surface area (TPSA) is 58.6 Å². The highest BCUT2D eigenvalue weighted by atomic mass is 79.9. The van der Waals surface area contributed by atoms with Crippen LogP contribution in [-0.2, 0) is 21.0 Å². The second-order valence-corrected chi connectivity index (χ2v) is 6.45. The van der Waals surface area contributed by atoms with E-state index in [0.717, 1.165) is 15.7 Å². The molecule has 0 radical (unpaired) electrons. The SMILES string of the molecule is O=C(NOCc1ccccc1)[C@H]1CC(=O)N(c2ccccc2Br)C1. The Morgan fingerprint density at radius 1 is 1.17 bits per heavy atom. The first-order valence-corrected chi connectivity index (χ1v) is 8.45. The van der Waals surface area contributed by atoms with Crippen molar-refractivity contribution >= 4 is 33.4 Å². The predicted octanol–water partition coefficient (Wildman–Crippen LogP) is 3.05. The largest absolute Gasteiger partial charge is 0.310 e. The molecule has 0 spiro atoms. The summed E-state index contributed by atoms with van der Waals surface area (Å²) < 4.78 is 0.833. The van der Waals surface area contributed by atoms with Crippen LogP contribution in [0.5, 0.6) is 0 Å². The number of hydroxylamine groups is 1. The van der Waals surface area contributed by atoms with Gasteiger partial charge in [0.05, 0.1) is 18.2 Å². The van der Waals surface area contributed by atoms with E-state index in [4.69, 9.17) is 4.84 Å². The Kier molecular flexibility index (Phi) is 5.27. The average Bonchev–Trinajstić information content (AvgIpc) is 2.98. The number of hydrogen-bond acceptors (Lipinski definition) is 3. The van der Waals surface area contributed by atoms with E-state index in [1.165, 1.54) is 0 Å². The Bertz CT molecular complexity index is 736. The van der Waals surface area contributed by atoms with Crippen LogP contribution in [0.4, 0.5) is 5.69 Å². The molecule has 0 saturated carbocycles. The number of para-hydroxylation sites is 1. The summed E-state index contributed by atoms with van der Waals surface area (Å²) in [5.74, 6) is -0.751. The smallest absolute Gasteiger partial charge is 0.248 e. The molecule has 2 amide bonds. The van der Waals surface area contributed by atoms with E-state index >= 15 is 0 Å². The van der Waals surface area contributed by atoms with E-state index in [-0.39, 0.29) is 18.2 Å². The summed E-state index contributed by atoms with van der Waals surface area (Å²) in [5, 5.41) is 0. The lowest BCUT2D eigenvalue weighted by Gasteiger charge is -2.18. The Labute approximate surface area is 148 Å². The average molecular weight is 389 g/mol. The summed E-state index contributed by atoms with van der Waals surface area (Å²) in [6, 6.07) is 17.0. The maximum atomic E-state index is 12.2. The summed E-state index contributed by atoms with van der Waals surface area (Å²) >= 11 is 3.44. The minimum atomic E-state index is -0.416. The van der Waals surface area contributed by atoms with Gasteiger partial charge in [0, 0.05) is 17.4 Å². The van der Waals surface area contributed by atoms with Crippen molar-refractivity contribution in [2.75, 3.05) is 11.4 Å². The van der Waals surface area contributed by atoms with Gasteiger partial charge in [0.1, 0.15) is 0 Å². The fourth-order valence-electron chi connectivity index (χ4n) is 2.63. The van der Waals surface area contributed by atoms with Crippen LogP contribution in [0, 0.1) is 5.92 Å². The van der Waals surface area contributed by atoms with Gasteiger partial charge in [-0.05, 0) is 33.6 Å². The van der Waals surface area contributed by atoms with Crippen molar-refractivity contribution in [3.8, 4) is 0 Å². The highest BCUT2D eigenvalue weighted by Crippen LogP contribution is 2.31. The summed E-state index contributed by atoms with van der Waals surface area (Å²) in [6.07, 6.45) is 0.182. The predicted molar refractivity (Wildman–Crippen MR) is 94.0 cm³/mol. The summed E-state index contributed by atoms with van der Waals surface area (Å²) in [4.78, 5) is 31.3. The van der Waals surface area contributed by atoms with Crippen molar-refractivity contribution in [3.63, 3.8) is 0 Å². The zero-order valence-electron chi connectivity index (χ0n) is 12.9. The third kappa shape index (κ3) is 3.83. The van der Waals surface area contributed by atoms with E-state index in [1.54, 1.807) is 4.90 Å². The standard InChI is InChI=1S/C18H17BrN2O3/c19-15-8-4-5-9-16(15)21-11-14(10-17(21)22)18(23)20-24-12-13-6-2-1-3-7-13/h1-9,14H,10-12H2,(H,20,23)/t14-/m0/s1. The monoisotopic (exact) mass is 388 g/mol. The summed E-state index contributed by atoms with van der Waals surface area (Å²) in [7, 11) is 0. The number of carbonyl (C=O) groups is 2. The molecule has 0 bridgehead atoms. The molecule has 6 heteroatoms. The van der Waals surface area contributed by atoms with Gasteiger partial charge in [0.15, 0.2) is 0 Å². The van der Waals surface area contributed by atoms with Gasteiger partial charge in [-0.2, -0.15) is 0 Å². The molecule has 0 aromatic heterocycles. The Balaban J connectivity index is 1.55. The van der Waals surface area contributed by atoms with E-state index in [9.17, 15) is 9.59 Å². The Morgan fingerprint density at radius 2 is 1.88 bits per heavy atom. The molecule has 5 nitrogen and oxygen atoms in total. The van der Waals surface area contributed by atoms with Crippen LogP contribution in [0.3, 0.4) is 0 Å². The highest BCUT2D eigenvalue weighted by molar-refractivity contribution is 9.10.